The molecule has 1 saturated heterocycles. The summed E-state index contributed by atoms with van der Waals surface area (Å²) in [5.74, 6) is 0.846. The van der Waals surface area contributed by atoms with Crippen molar-refractivity contribution in [3.63, 3.8) is 0 Å². The summed E-state index contributed by atoms with van der Waals surface area (Å²) in [4.78, 5) is 1.54. The van der Waals surface area contributed by atoms with Crippen LogP contribution in [0.25, 0.3) is 0 Å². The molecule has 3 atom stereocenters. The summed E-state index contributed by atoms with van der Waals surface area (Å²) in [6.07, 6.45) is 0.669. The van der Waals surface area contributed by atoms with E-state index in [1.165, 1.54) is 4.90 Å². The second-order valence-corrected chi connectivity index (χ2v) is 6.38. The molecule has 3 nitrogen and oxygen atoms in total. The molecule has 19 heavy (non-hydrogen) atoms. The van der Waals surface area contributed by atoms with E-state index in [2.05, 4.69) is 29.8 Å². The Morgan fingerprint density at radius 3 is 2.68 bits per heavy atom. The number of morpholine rings is 1. The summed E-state index contributed by atoms with van der Waals surface area (Å²) in [5.41, 5.74) is 0. The van der Waals surface area contributed by atoms with Crippen LogP contribution in [0.3, 0.4) is 0 Å². The highest BCUT2D eigenvalue weighted by molar-refractivity contribution is 9.10. The highest BCUT2D eigenvalue weighted by atomic mass is 79.9. The van der Waals surface area contributed by atoms with Gasteiger partial charge in [0.1, 0.15) is 44.2 Å². The monoisotopic (exact) mass is 348 g/mol. The average Bonchev–Trinajstić information content (AvgIpc) is 2.30. The Morgan fingerprint density at radius 2 is 2.05 bits per heavy atom. The molecule has 1 aromatic rings. The van der Waals surface area contributed by atoms with Gasteiger partial charge in [0.2, 0.25) is 0 Å². The van der Waals surface area contributed by atoms with Crippen LogP contribution in [-0.2, 0) is 4.74 Å². The molecule has 1 N–H and O–H groups in total. The molecule has 2 rings (SSSR count). The van der Waals surface area contributed by atoms with Crippen LogP contribution in [0.15, 0.2) is 22.7 Å². The first-order valence-corrected chi connectivity index (χ1v) is 7.78. The van der Waals surface area contributed by atoms with Gasteiger partial charge in [0.25, 0.3) is 0 Å². The Hall–Kier alpha value is -0.290. The fourth-order valence-electron chi connectivity index (χ4n) is 2.49. The van der Waals surface area contributed by atoms with E-state index in [4.69, 9.17) is 21.1 Å². The van der Waals surface area contributed by atoms with Gasteiger partial charge in [-0.2, -0.15) is 0 Å². The maximum Gasteiger partial charge on any atom is 0.137 e. The van der Waals surface area contributed by atoms with Crippen LogP contribution in [-0.4, -0.2) is 38.4 Å². The highest BCUT2D eigenvalue weighted by Gasteiger charge is 2.25. The van der Waals surface area contributed by atoms with Crippen LogP contribution in [0.4, 0.5) is 0 Å². The summed E-state index contributed by atoms with van der Waals surface area (Å²) in [5, 5.41) is 0.709. The number of nitrogens with one attached hydrogen (secondary N) is 1. The lowest BCUT2D eigenvalue weighted by Gasteiger charge is -2.32. The van der Waals surface area contributed by atoms with Gasteiger partial charge < -0.3 is 14.4 Å². The van der Waals surface area contributed by atoms with Crippen molar-refractivity contribution in [3.8, 4) is 5.75 Å². The van der Waals surface area contributed by atoms with Crippen molar-refractivity contribution in [1.29, 1.82) is 0 Å². The number of benzene rings is 1. The Kier molecular flexibility index (Phi) is 5.51. The zero-order valence-electron chi connectivity index (χ0n) is 11.3. The van der Waals surface area contributed by atoms with Crippen LogP contribution in [0, 0.1) is 0 Å². The van der Waals surface area contributed by atoms with E-state index < -0.39 is 0 Å². The van der Waals surface area contributed by atoms with E-state index in [1.54, 1.807) is 0 Å². The molecule has 0 aliphatic carbocycles. The van der Waals surface area contributed by atoms with Gasteiger partial charge in [-0.05, 0) is 48.0 Å². The molecule has 106 valence electrons. The third-order valence-corrected chi connectivity index (χ3v) is 4.08. The SMILES string of the molecule is C[C@@H]1C[NH+](CCOc2ccc(Cl)cc2Br)C[C@H](C)O1. The number of rotatable bonds is 4. The minimum absolute atomic E-state index is 0.334. The number of hydrogen-bond donors (Lipinski definition) is 1. The maximum absolute atomic E-state index is 5.90. The van der Waals surface area contributed by atoms with Crippen molar-refractivity contribution in [2.75, 3.05) is 26.2 Å². The van der Waals surface area contributed by atoms with E-state index in [0.717, 1.165) is 29.9 Å². The molecule has 0 aromatic heterocycles. The molecule has 1 fully saturated rings. The van der Waals surface area contributed by atoms with Crippen molar-refractivity contribution >= 4 is 27.5 Å². The fourth-order valence-corrected chi connectivity index (χ4v) is 3.29. The number of quaternary nitrogens is 1. The second-order valence-electron chi connectivity index (χ2n) is 5.09. The van der Waals surface area contributed by atoms with Gasteiger partial charge in [0.15, 0.2) is 0 Å². The van der Waals surface area contributed by atoms with Crippen molar-refractivity contribution in [2.24, 2.45) is 0 Å². The second kappa shape index (κ2) is 6.93. The minimum Gasteiger partial charge on any atom is -0.487 e. The molecule has 1 aliphatic heterocycles. The first-order valence-electron chi connectivity index (χ1n) is 6.61. The minimum atomic E-state index is 0.334. The van der Waals surface area contributed by atoms with E-state index >= 15 is 0 Å². The lowest BCUT2D eigenvalue weighted by Crippen LogP contribution is -3.16. The van der Waals surface area contributed by atoms with Gasteiger partial charge in [-0.1, -0.05) is 11.6 Å². The third kappa shape index (κ3) is 4.63. The Morgan fingerprint density at radius 1 is 1.37 bits per heavy atom. The predicted molar refractivity (Wildman–Crippen MR) is 80.2 cm³/mol. The molecular weight excluding hydrogens is 330 g/mol. The molecule has 1 heterocycles. The first-order chi connectivity index (χ1) is 9.04. The molecule has 5 heteroatoms. The standard InChI is InChI=1S/C14H19BrClNO2/c1-10-8-17(9-11(2)19-10)5-6-18-14-4-3-12(16)7-13(14)15/h3-4,7,10-11H,5-6,8-9H2,1-2H3/p+1/t10-,11+. The Labute approximate surface area is 128 Å². The topological polar surface area (TPSA) is 22.9 Å². The van der Waals surface area contributed by atoms with E-state index in [-0.39, 0.29) is 0 Å². The summed E-state index contributed by atoms with van der Waals surface area (Å²) >= 11 is 9.36. The molecule has 0 amide bonds. The molecule has 0 spiro atoms. The lowest BCUT2D eigenvalue weighted by atomic mass is 10.2. The van der Waals surface area contributed by atoms with E-state index in [9.17, 15) is 0 Å². The van der Waals surface area contributed by atoms with Crippen molar-refractivity contribution in [1.82, 2.24) is 0 Å². The van der Waals surface area contributed by atoms with Crippen molar-refractivity contribution in [2.45, 2.75) is 26.1 Å². The van der Waals surface area contributed by atoms with E-state index in [1.807, 2.05) is 18.2 Å². The average molecular weight is 350 g/mol. The molecule has 1 aromatic carbocycles. The summed E-state index contributed by atoms with van der Waals surface area (Å²) in [6, 6.07) is 5.59. The van der Waals surface area contributed by atoms with Gasteiger partial charge in [-0.25, -0.2) is 0 Å². The molecule has 1 unspecified atom stereocenters. The van der Waals surface area contributed by atoms with Crippen LogP contribution in [0.1, 0.15) is 13.8 Å². The van der Waals surface area contributed by atoms with Gasteiger partial charge in [-0.3, -0.25) is 0 Å². The summed E-state index contributed by atoms with van der Waals surface area (Å²) in [6.45, 7) is 8.06. The smallest absolute Gasteiger partial charge is 0.137 e. The van der Waals surface area contributed by atoms with Gasteiger partial charge in [-0.15, -0.1) is 0 Å². The maximum atomic E-state index is 5.90. The van der Waals surface area contributed by atoms with Crippen LogP contribution in [0.2, 0.25) is 5.02 Å². The Balaban J connectivity index is 1.80. The molecule has 1 aliphatic rings. The highest BCUT2D eigenvalue weighted by Crippen LogP contribution is 2.27. The molecule has 0 radical (unpaired) electrons. The van der Waals surface area contributed by atoms with E-state index in [0.29, 0.717) is 23.8 Å². The van der Waals surface area contributed by atoms with Gasteiger partial charge in [0.05, 0.1) is 4.47 Å². The quantitative estimate of drug-likeness (QED) is 0.900. The summed E-state index contributed by atoms with van der Waals surface area (Å²) < 4.78 is 12.4. The first kappa shape index (κ1) is 15.1. The lowest BCUT2D eigenvalue weighted by molar-refractivity contribution is -0.915. The van der Waals surface area contributed by atoms with Crippen molar-refractivity contribution < 1.29 is 14.4 Å². The fraction of sp³-hybridized carbons (Fsp3) is 0.571. The van der Waals surface area contributed by atoms with Crippen LogP contribution < -0.4 is 9.64 Å². The number of ether oxygens (including phenoxy) is 2. The zero-order chi connectivity index (χ0) is 13.8. The predicted octanol–water partition coefficient (Wildman–Crippen LogP) is 2.17. The number of halogens is 2. The summed E-state index contributed by atoms with van der Waals surface area (Å²) in [7, 11) is 0. The molecular formula is C14H20BrClNO2+. The van der Waals surface area contributed by atoms with Crippen molar-refractivity contribution in [3.05, 3.63) is 27.7 Å². The van der Waals surface area contributed by atoms with Crippen LogP contribution in [0.5, 0.6) is 5.75 Å². The Bertz CT molecular complexity index is 420. The van der Waals surface area contributed by atoms with Crippen LogP contribution >= 0.6 is 27.5 Å². The molecule has 0 bridgehead atoms. The third-order valence-electron chi connectivity index (χ3n) is 3.22. The zero-order valence-corrected chi connectivity index (χ0v) is 13.6. The largest absolute Gasteiger partial charge is 0.487 e. The normalized spacial score (nSPS) is 27.3. The number of hydrogen-bond acceptors (Lipinski definition) is 2. The van der Waals surface area contributed by atoms with Gasteiger partial charge >= 0.3 is 0 Å². The molecule has 0 saturated carbocycles. The van der Waals surface area contributed by atoms with Gasteiger partial charge in [0, 0.05) is 5.02 Å².